The molecule has 4 unspecified atom stereocenters. The molecule has 4 rings (SSSR count). The molecular weight excluding hydrogens is 732 g/mol. The van der Waals surface area contributed by atoms with Crippen LogP contribution in [0.2, 0.25) is 5.02 Å². The molecule has 1 aromatic rings. The lowest BCUT2D eigenvalue weighted by Gasteiger charge is -2.36. The van der Waals surface area contributed by atoms with E-state index in [1.54, 1.807) is 38.1 Å². The van der Waals surface area contributed by atoms with Crippen molar-refractivity contribution in [3.05, 3.63) is 64.6 Å². The molecule has 1 saturated heterocycles. The minimum absolute atomic E-state index is 0.00872. The summed E-state index contributed by atoms with van der Waals surface area (Å²) in [7, 11) is 1.25. The number of carbonyl (C=O) groups excluding carboxylic acids is 3. The Morgan fingerprint density at radius 3 is 2.24 bits per heavy atom. The summed E-state index contributed by atoms with van der Waals surface area (Å²) in [6.07, 6.45) is 7.46. The maximum atomic E-state index is 12.9. The highest BCUT2D eigenvalue weighted by molar-refractivity contribution is 7.99. The number of benzene rings is 1. The number of allylic oxidation sites excluding steroid dienone is 4. The number of rotatable bonds is 16. The van der Waals surface area contributed by atoms with Gasteiger partial charge in [0.1, 0.15) is 35.9 Å². The van der Waals surface area contributed by atoms with Gasteiger partial charge >= 0.3 is 5.97 Å². The Morgan fingerprint density at radius 1 is 1.02 bits per heavy atom. The van der Waals surface area contributed by atoms with Gasteiger partial charge in [-0.1, -0.05) is 75.1 Å². The highest BCUT2D eigenvalue weighted by Gasteiger charge is 2.49. The molecule has 0 saturated carbocycles. The first kappa shape index (κ1) is 44.6. The normalized spacial score (nSPS) is 22.5. The second-order valence-corrected chi connectivity index (χ2v) is 16.1. The number of hydrogen-bond acceptors (Lipinski definition) is 12. The van der Waals surface area contributed by atoms with E-state index < -0.39 is 23.1 Å². The van der Waals surface area contributed by atoms with Crippen molar-refractivity contribution >= 4 is 52.3 Å². The van der Waals surface area contributed by atoms with Gasteiger partial charge in [-0.3, -0.25) is 14.4 Å². The summed E-state index contributed by atoms with van der Waals surface area (Å²) in [5.74, 6) is 1.81. The molecule has 0 bridgehead atoms. The number of aliphatic hydroxyl groups is 2. The van der Waals surface area contributed by atoms with Crippen molar-refractivity contribution in [3.8, 4) is 5.75 Å². The van der Waals surface area contributed by atoms with E-state index in [0.29, 0.717) is 65.8 Å². The van der Waals surface area contributed by atoms with Gasteiger partial charge in [-0.05, 0) is 85.6 Å². The summed E-state index contributed by atoms with van der Waals surface area (Å²) in [6, 6.07) is 7.14. The molecule has 0 radical (unpaired) electrons. The van der Waals surface area contributed by atoms with Gasteiger partial charge in [0, 0.05) is 24.3 Å². The molecule has 2 aliphatic carbocycles. The van der Waals surface area contributed by atoms with Crippen LogP contribution in [-0.2, 0) is 28.8 Å². The molecule has 298 valence electrons. The smallest absolute Gasteiger partial charge is 0.317 e. The van der Waals surface area contributed by atoms with Crippen molar-refractivity contribution in [3.63, 3.8) is 0 Å². The van der Waals surface area contributed by atoms with Crippen molar-refractivity contribution < 1.29 is 43.7 Å². The summed E-state index contributed by atoms with van der Waals surface area (Å²) < 4.78 is 10.6. The zero-order chi connectivity index (χ0) is 39.8. The number of Topliss-reactive ketones (excluding diaryl/α,β-unsaturated/α-hetero) is 2. The van der Waals surface area contributed by atoms with Crippen LogP contribution in [0.1, 0.15) is 92.4 Å². The minimum atomic E-state index is -0.972. The van der Waals surface area contributed by atoms with E-state index in [4.69, 9.17) is 30.7 Å². The molecular formula is C41H57ClN2O9S. The van der Waals surface area contributed by atoms with Gasteiger partial charge in [0.2, 0.25) is 0 Å². The van der Waals surface area contributed by atoms with Crippen LogP contribution in [0, 0.1) is 23.2 Å². The van der Waals surface area contributed by atoms with Crippen molar-refractivity contribution in [2.45, 2.75) is 98.5 Å². The first-order valence-electron chi connectivity index (χ1n) is 18.8. The van der Waals surface area contributed by atoms with Crippen LogP contribution in [-0.4, -0.2) is 77.1 Å². The number of halogens is 1. The zero-order valence-electron chi connectivity index (χ0n) is 32.5. The number of thioether (sulfide) groups is 1. The monoisotopic (exact) mass is 788 g/mol. The first-order valence-corrected chi connectivity index (χ1v) is 20.3. The highest BCUT2D eigenvalue weighted by Crippen LogP contribution is 2.42. The molecule has 3 aliphatic rings. The molecule has 0 amide bonds. The molecule has 13 heteroatoms. The third-order valence-electron chi connectivity index (χ3n) is 9.52. The molecule has 2 N–H and O–H groups in total. The number of carbonyl (C=O) groups is 3. The largest absolute Gasteiger partial charge is 0.511 e. The maximum absolute atomic E-state index is 12.9. The SMILES string of the molecule is C=CCO/N=C(\CCC)C1=C(O)CC(C)(C)C(C(=O)OC)C1=O.CCCC(=NOCC(C)Oc1ccc(Cl)cc1)C1=C(O)CC(C2CCCSC2)CC1=O. The fourth-order valence-electron chi connectivity index (χ4n) is 6.91. The van der Waals surface area contributed by atoms with Gasteiger partial charge in [0.25, 0.3) is 0 Å². The van der Waals surface area contributed by atoms with E-state index in [9.17, 15) is 24.6 Å². The van der Waals surface area contributed by atoms with E-state index in [-0.39, 0.29) is 54.5 Å². The Balaban J connectivity index is 0.000000305. The Bertz CT molecular complexity index is 1580. The average molecular weight is 789 g/mol. The first-order chi connectivity index (χ1) is 25.8. The molecule has 0 spiro atoms. The summed E-state index contributed by atoms with van der Waals surface area (Å²) in [4.78, 5) is 48.4. The summed E-state index contributed by atoms with van der Waals surface area (Å²) in [5.41, 5.74) is 0.608. The summed E-state index contributed by atoms with van der Waals surface area (Å²) >= 11 is 7.85. The number of hydrogen-bond donors (Lipinski definition) is 2. The molecule has 1 fully saturated rings. The quantitative estimate of drug-likeness (QED) is 0.0414. The number of ether oxygens (including phenoxy) is 2. The molecule has 0 aromatic heterocycles. The van der Waals surface area contributed by atoms with Gasteiger partial charge < -0.3 is 29.4 Å². The number of aliphatic hydroxyl groups excluding tert-OH is 2. The van der Waals surface area contributed by atoms with Gasteiger partial charge in [-0.2, -0.15) is 11.8 Å². The average Bonchev–Trinajstić information content (AvgIpc) is 3.12. The number of methoxy groups -OCH3 is 1. The second-order valence-electron chi connectivity index (χ2n) is 14.5. The summed E-state index contributed by atoms with van der Waals surface area (Å²) in [6.45, 7) is 13.3. The lowest BCUT2D eigenvalue weighted by molar-refractivity contribution is -0.154. The molecule has 1 aliphatic heterocycles. The molecule has 54 heavy (non-hydrogen) atoms. The Labute approximate surface area is 329 Å². The van der Waals surface area contributed by atoms with Crippen LogP contribution in [0.4, 0.5) is 0 Å². The second kappa shape index (κ2) is 21.9. The number of oxime groups is 2. The van der Waals surface area contributed by atoms with Crippen LogP contribution in [0.15, 0.2) is 69.9 Å². The van der Waals surface area contributed by atoms with Crippen LogP contribution >= 0.6 is 23.4 Å². The fourth-order valence-corrected chi connectivity index (χ4v) is 8.32. The third-order valence-corrected chi connectivity index (χ3v) is 11.0. The van der Waals surface area contributed by atoms with E-state index in [0.717, 1.165) is 18.6 Å². The number of ketones is 2. The van der Waals surface area contributed by atoms with Crippen molar-refractivity contribution in [1.82, 2.24) is 0 Å². The van der Waals surface area contributed by atoms with Gasteiger partial charge in [-0.15, -0.1) is 0 Å². The van der Waals surface area contributed by atoms with Crippen molar-refractivity contribution in [2.75, 3.05) is 31.8 Å². The van der Waals surface area contributed by atoms with E-state index in [2.05, 4.69) is 16.9 Å². The van der Waals surface area contributed by atoms with Crippen molar-refractivity contribution in [1.29, 1.82) is 0 Å². The van der Waals surface area contributed by atoms with Gasteiger partial charge in [0.15, 0.2) is 18.2 Å². The van der Waals surface area contributed by atoms with Gasteiger partial charge in [0.05, 0.1) is 29.7 Å². The van der Waals surface area contributed by atoms with Gasteiger partial charge in [-0.25, -0.2) is 0 Å². The van der Waals surface area contributed by atoms with Crippen LogP contribution in [0.5, 0.6) is 5.75 Å². The zero-order valence-corrected chi connectivity index (χ0v) is 34.1. The molecule has 1 aromatic carbocycles. The van der Waals surface area contributed by atoms with Crippen LogP contribution < -0.4 is 4.74 Å². The van der Waals surface area contributed by atoms with E-state index in [1.165, 1.54) is 25.4 Å². The fraction of sp³-hybridized carbons (Fsp3) is 0.585. The predicted molar refractivity (Wildman–Crippen MR) is 214 cm³/mol. The lowest BCUT2D eigenvalue weighted by atomic mass is 9.67. The lowest BCUT2D eigenvalue weighted by Crippen LogP contribution is -2.44. The van der Waals surface area contributed by atoms with Crippen LogP contribution in [0.3, 0.4) is 0 Å². The topological polar surface area (TPSA) is 153 Å². The Hall–Kier alpha value is -3.77. The molecule has 1 heterocycles. The molecule has 4 atom stereocenters. The summed E-state index contributed by atoms with van der Waals surface area (Å²) in [5, 5.41) is 29.9. The number of nitrogens with zero attached hydrogens (tertiary/aromatic N) is 2. The predicted octanol–water partition coefficient (Wildman–Crippen LogP) is 9.16. The highest BCUT2D eigenvalue weighted by atomic mass is 35.5. The van der Waals surface area contributed by atoms with E-state index >= 15 is 0 Å². The standard InChI is InChI=1S/C24H32ClNO4S.C17H25NO5/c1-3-5-21(26-29-14-16(2)30-20-9-7-19(25)8-10-20)24-22(27)12-18(13-23(24)28)17-6-4-11-31-15-17;1-6-8-11(18-23-9-7-2)13-12(19)10-17(3,4)14(15(13)20)16(21)22-5/h7-10,16-18,27H,3-6,11-15H2,1-2H3;7,14,19H,2,6,8-10H2,1,3-5H3/b;18-11+. The Kier molecular flexibility index (Phi) is 18.1. The van der Waals surface area contributed by atoms with Crippen LogP contribution in [0.25, 0.3) is 0 Å². The van der Waals surface area contributed by atoms with Crippen molar-refractivity contribution in [2.24, 2.45) is 33.5 Å². The van der Waals surface area contributed by atoms with E-state index in [1.807, 2.05) is 32.5 Å². The Morgan fingerprint density at radius 2 is 1.67 bits per heavy atom. The minimum Gasteiger partial charge on any atom is -0.511 e. The number of esters is 1. The third kappa shape index (κ3) is 12.6. The molecule has 11 nitrogen and oxygen atoms in total. The maximum Gasteiger partial charge on any atom is 0.317 e.